The molecule has 0 bridgehead atoms. The van der Waals surface area contributed by atoms with Crippen molar-refractivity contribution in [3.8, 4) is 16.9 Å². The Morgan fingerprint density at radius 2 is 1.94 bits per heavy atom. The van der Waals surface area contributed by atoms with Gasteiger partial charge in [-0.2, -0.15) is 0 Å². The number of hydrogen-bond acceptors (Lipinski definition) is 6. The third-order valence-corrected chi connectivity index (χ3v) is 7.04. The molecule has 2 aliphatic heterocycles. The number of anilines is 1. The molecule has 0 radical (unpaired) electrons. The molecule has 184 valence electrons. The summed E-state index contributed by atoms with van der Waals surface area (Å²) in [7, 11) is 1.50. The number of amides is 1. The molecule has 2 aromatic rings. The molecular formula is C27H29FN2O4S. The summed E-state index contributed by atoms with van der Waals surface area (Å²) >= 11 is 1.38. The van der Waals surface area contributed by atoms with E-state index in [1.54, 1.807) is 6.07 Å². The second kappa shape index (κ2) is 9.77. The fourth-order valence-corrected chi connectivity index (χ4v) is 5.68. The molecule has 0 spiro atoms. The van der Waals surface area contributed by atoms with Crippen LogP contribution >= 0.6 is 11.8 Å². The second-order valence-corrected chi connectivity index (χ2v) is 10.3. The maximum Gasteiger partial charge on any atom is 0.346 e. The van der Waals surface area contributed by atoms with Crippen LogP contribution < -0.4 is 15.4 Å². The number of rotatable bonds is 6. The Labute approximate surface area is 209 Å². The third kappa shape index (κ3) is 5.22. The van der Waals surface area contributed by atoms with E-state index in [0.717, 1.165) is 28.0 Å². The van der Waals surface area contributed by atoms with Gasteiger partial charge in [0, 0.05) is 46.8 Å². The van der Waals surface area contributed by atoms with Crippen LogP contribution in [0.5, 0.6) is 5.75 Å². The van der Waals surface area contributed by atoms with E-state index in [2.05, 4.69) is 30.6 Å². The van der Waals surface area contributed by atoms with Gasteiger partial charge in [-0.1, -0.05) is 12.1 Å². The van der Waals surface area contributed by atoms with Crippen molar-refractivity contribution < 1.29 is 23.5 Å². The number of methoxy groups -OCH3 is 1. The highest BCUT2D eigenvalue weighted by Crippen LogP contribution is 2.43. The van der Waals surface area contributed by atoms with Crippen molar-refractivity contribution in [3.05, 3.63) is 64.0 Å². The Hall–Kier alpha value is -3.26. The van der Waals surface area contributed by atoms with E-state index >= 15 is 0 Å². The Morgan fingerprint density at radius 1 is 1.20 bits per heavy atom. The lowest BCUT2D eigenvalue weighted by Gasteiger charge is -2.33. The second-order valence-electron chi connectivity index (χ2n) is 9.20. The van der Waals surface area contributed by atoms with Crippen molar-refractivity contribution in [1.29, 1.82) is 0 Å². The summed E-state index contributed by atoms with van der Waals surface area (Å²) in [5.41, 5.74) is 5.57. The SMILES string of the molecule is COc1cc(F)ccc1-c1ccc2c(c1COC(=O)C1=C(NC(C)=O)CCS1)C(C)=CC(C)(C)N2. The first-order valence-electron chi connectivity index (χ1n) is 11.4. The van der Waals surface area contributed by atoms with Crippen LogP contribution in [-0.4, -0.2) is 30.3 Å². The van der Waals surface area contributed by atoms with Crippen LogP contribution in [0.2, 0.25) is 0 Å². The number of fused-ring (bicyclic) bond motifs is 1. The van der Waals surface area contributed by atoms with Crippen molar-refractivity contribution in [2.75, 3.05) is 18.2 Å². The fourth-order valence-electron chi connectivity index (χ4n) is 4.66. The molecule has 2 aromatic carbocycles. The fraction of sp³-hybridized carbons (Fsp3) is 0.333. The lowest BCUT2D eigenvalue weighted by Crippen LogP contribution is -2.32. The number of hydrogen-bond donors (Lipinski definition) is 2. The van der Waals surface area contributed by atoms with E-state index in [4.69, 9.17) is 9.47 Å². The number of nitrogens with one attached hydrogen (secondary N) is 2. The minimum atomic E-state index is -0.475. The molecular weight excluding hydrogens is 467 g/mol. The molecule has 2 aliphatic rings. The average Bonchev–Trinajstić information content (AvgIpc) is 3.23. The van der Waals surface area contributed by atoms with Gasteiger partial charge in [0.25, 0.3) is 0 Å². The summed E-state index contributed by atoms with van der Waals surface area (Å²) < 4.78 is 25.2. The van der Waals surface area contributed by atoms with Crippen LogP contribution in [0, 0.1) is 5.82 Å². The minimum Gasteiger partial charge on any atom is -0.496 e. The normalized spacial score (nSPS) is 16.2. The van der Waals surface area contributed by atoms with E-state index in [9.17, 15) is 14.0 Å². The van der Waals surface area contributed by atoms with Gasteiger partial charge in [-0.3, -0.25) is 4.79 Å². The van der Waals surface area contributed by atoms with Gasteiger partial charge in [0.1, 0.15) is 23.1 Å². The number of benzene rings is 2. The summed E-state index contributed by atoms with van der Waals surface area (Å²) in [6.45, 7) is 7.62. The van der Waals surface area contributed by atoms with Crippen molar-refractivity contribution in [3.63, 3.8) is 0 Å². The van der Waals surface area contributed by atoms with Crippen molar-refractivity contribution in [2.24, 2.45) is 0 Å². The van der Waals surface area contributed by atoms with E-state index in [0.29, 0.717) is 34.1 Å². The van der Waals surface area contributed by atoms with Gasteiger partial charge in [0.15, 0.2) is 0 Å². The standard InChI is InChI=1S/C27H29FN2O4S/c1-15-13-27(3,4)30-21-9-8-18(19-7-6-17(28)12-23(19)33-5)20(24(15)21)14-34-26(32)25-22(10-11-35-25)29-16(2)31/h6-9,12-13,30H,10-11,14H2,1-5H3,(H,29,31). The molecule has 1 amide bonds. The molecule has 6 nitrogen and oxygen atoms in total. The molecule has 4 rings (SSSR count). The van der Waals surface area contributed by atoms with E-state index in [1.807, 2.05) is 19.1 Å². The molecule has 0 atom stereocenters. The maximum absolute atomic E-state index is 13.9. The molecule has 0 unspecified atom stereocenters. The van der Waals surface area contributed by atoms with Crippen molar-refractivity contribution in [1.82, 2.24) is 5.32 Å². The highest BCUT2D eigenvalue weighted by Gasteiger charge is 2.29. The highest BCUT2D eigenvalue weighted by atomic mass is 32.2. The lowest BCUT2D eigenvalue weighted by atomic mass is 9.85. The zero-order chi connectivity index (χ0) is 25.3. The number of carbonyl (C=O) groups is 2. The average molecular weight is 497 g/mol. The summed E-state index contributed by atoms with van der Waals surface area (Å²) in [6.07, 6.45) is 2.74. The van der Waals surface area contributed by atoms with E-state index in [-0.39, 0.29) is 18.1 Å². The number of thioether (sulfide) groups is 1. The van der Waals surface area contributed by atoms with Crippen LogP contribution in [0.25, 0.3) is 16.7 Å². The highest BCUT2D eigenvalue weighted by molar-refractivity contribution is 8.04. The van der Waals surface area contributed by atoms with Crippen LogP contribution in [0.1, 0.15) is 45.2 Å². The molecule has 2 N–H and O–H groups in total. The lowest BCUT2D eigenvalue weighted by molar-refractivity contribution is -0.139. The van der Waals surface area contributed by atoms with Gasteiger partial charge >= 0.3 is 5.97 Å². The first kappa shape index (κ1) is 24.9. The maximum atomic E-state index is 13.9. The van der Waals surface area contributed by atoms with Gasteiger partial charge in [0.05, 0.1) is 12.6 Å². The van der Waals surface area contributed by atoms with Gasteiger partial charge < -0.3 is 20.1 Å². The van der Waals surface area contributed by atoms with Crippen molar-refractivity contribution in [2.45, 2.75) is 46.3 Å². The number of halogens is 1. The Bertz CT molecular complexity index is 1270. The number of allylic oxidation sites excluding steroid dienone is 2. The van der Waals surface area contributed by atoms with Crippen LogP contribution in [0.4, 0.5) is 10.1 Å². The number of esters is 1. The van der Waals surface area contributed by atoms with E-state index in [1.165, 1.54) is 37.9 Å². The summed E-state index contributed by atoms with van der Waals surface area (Å²) in [4.78, 5) is 25.0. The molecule has 0 aromatic heterocycles. The molecule has 0 fully saturated rings. The van der Waals surface area contributed by atoms with Gasteiger partial charge in [-0.05, 0) is 56.5 Å². The van der Waals surface area contributed by atoms with Crippen molar-refractivity contribution >= 4 is 34.9 Å². The third-order valence-electron chi connectivity index (χ3n) is 5.93. The minimum absolute atomic E-state index is 0.00255. The Morgan fingerprint density at radius 3 is 2.66 bits per heavy atom. The molecule has 2 heterocycles. The van der Waals surface area contributed by atoms with E-state index < -0.39 is 11.8 Å². The van der Waals surface area contributed by atoms with Crippen LogP contribution in [0.3, 0.4) is 0 Å². The van der Waals surface area contributed by atoms with Gasteiger partial charge in [-0.25, -0.2) is 9.18 Å². The number of carbonyl (C=O) groups excluding carboxylic acids is 2. The molecule has 0 saturated heterocycles. The zero-order valence-electron chi connectivity index (χ0n) is 20.5. The monoisotopic (exact) mass is 496 g/mol. The van der Waals surface area contributed by atoms with Gasteiger partial charge in [-0.15, -0.1) is 11.8 Å². The molecule has 8 heteroatoms. The van der Waals surface area contributed by atoms with Gasteiger partial charge in [0.2, 0.25) is 5.91 Å². The topological polar surface area (TPSA) is 76.7 Å². The zero-order valence-corrected chi connectivity index (χ0v) is 21.3. The molecule has 35 heavy (non-hydrogen) atoms. The number of ether oxygens (including phenoxy) is 2. The van der Waals surface area contributed by atoms with Crippen LogP contribution in [0.15, 0.2) is 47.0 Å². The largest absolute Gasteiger partial charge is 0.496 e. The molecule has 0 saturated carbocycles. The predicted molar refractivity (Wildman–Crippen MR) is 137 cm³/mol. The van der Waals surface area contributed by atoms with Crippen LogP contribution in [-0.2, 0) is 20.9 Å². The Balaban J connectivity index is 1.77. The Kier molecular flexibility index (Phi) is 6.94. The summed E-state index contributed by atoms with van der Waals surface area (Å²) in [5, 5.41) is 6.27. The summed E-state index contributed by atoms with van der Waals surface area (Å²) in [6, 6.07) is 8.32. The summed E-state index contributed by atoms with van der Waals surface area (Å²) in [5.74, 6) is 0.0123. The predicted octanol–water partition coefficient (Wildman–Crippen LogP) is 5.64. The smallest absolute Gasteiger partial charge is 0.346 e. The molecule has 0 aliphatic carbocycles. The first-order valence-corrected chi connectivity index (χ1v) is 12.4. The quantitative estimate of drug-likeness (QED) is 0.505. The first-order chi connectivity index (χ1) is 16.6.